The number of aliphatic hydroxyl groups is 1. The van der Waals surface area contributed by atoms with Gasteiger partial charge in [0, 0.05) is 24.3 Å². The van der Waals surface area contributed by atoms with Gasteiger partial charge >= 0.3 is 0 Å². The van der Waals surface area contributed by atoms with Crippen LogP contribution in [0.1, 0.15) is 64.0 Å². The number of rotatable bonds is 9. The third-order valence-electron chi connectivity index (χ3n) is 7.36. The van der Waals surface area contributed by atoms with Crippen molar-refractivity contribution in [2.24, 2.45) is 0 Å². The summed E-state index contributed by atoms with van der Waals surface area (Å²) in [7, 11) is -2.80. The quantitative estimate of drug-likeness (QED) is 0.269. The molecule has 214 valence electrons. The average Bonchev–Trinajstić information content (AvgIpc) is 3.00. The highest BCUT2D eigenvalue weighted by Gasteiger charge is 2.51. The van der Waals surface area contributed by atoms with Gasteiger partial charge in [0.2, 0.25) is 0 Å². The van der Waals surface area contributed by atoms with E-state index in [-0.39, 0.29) is 24.0 Å². The minimum Gasteiger partial charge on any atom is -0.396 e. The highest BCUT2D eigenvalue weighted by Crippen LogP contribution is 2.38. The predicted molar refractivity (Wildman–Crippen MR) is 169 cm³/mol. The first-order chi connectivity index (χ1) is 19.9. The summed E-state index contributed by atoms with van der Waals surface area (Å²) in [6.45, 7) is 7.96. The van der Waals surface area contributed by atoms with E-state index in [4.69, 9.17) is 13.9 Å². The number of hydrogen-bond acceptors (Lipinski definition) is 4. The fourth-order valence-electron chi connectivity index (χ4n) is 5.31. The Bertz CT molecular complexity index is 1300. The van der Waals surface area contributed by atoms with Crippen LogP contribution in [0.25, 0.3) is 0 Å². The predicted octanol–water partition coefficient (Wildman–Crippen LogP) is 5.65. The summed E-state index contributed by atoms with van der Waals surface area (Å²) in [5, 5.41) is 12.0. The van der Waals surface area contributed by atoms with Crippen LogP contribution in [0.4, 0.5) is 0 Å². The second kappa shape index (κ2) is 15.2. The molecule has 0 bridgehead atoms. The second-order valence-corrected chi connectivity index (χ2v) is 15.6. The molecule has 1 aliphatic heterocycles. The molecular weight excluding hydrogens is 524 g/mol. The Morgan fingerprint density at radius 3 is 2.05 bits per heavy atom. The van der Waals surface area contributed by atoms with Crippen LogP contribution in [-0.4, -0.2) is 45.6 Å². The smallest absolute Gasteiger partial charge is 0.262 e. The summed E-state index contributed by atoms with van der Waals surface area (Å²) in [6, 6.07) is 29.1. The molecule has 1 saturated heterocycles. The molecule has 3 aromatic carbocycles. The van der Waals surface area contributed by atoms with Crippen molar-refractivity contribution < 1.29 is 19.0 Å². The third kappa shape index (κ3) is 8.20. The van der Waals surface area contributed by atoms with Crippen molar-refractivity contribution in [2.45, 2.75) is 70.3 Å². The lowest BCUT2D eigenvalue weighted by atomic mass is 10.1. The number of aliphatic hydroxyl groups excluding tert-OH is 1. The maximum Gasteiger partial charge on any atom is 0.262 e. The number of ether oxygens (including phenoxy) is 2. The van der Waals surface area contributed by atoms with Gasteiger partial charge in [-0.05, 0) is 59.6 Å². The maximum absolute atomic E-state index is 9.72. The lowest BCUT2D eigenvalue weighted by Crippen LogP contribution is -2.67. The molecule has 0 amide bonds. The fourth-order valence-corrected chi connectivity index (χ4v) is 9.93. The zero-order chi connectivity index (χ0) is 29.0. The highest BCUT2D eigenvalue weighted by molar-refractivity contribution is 6.99. The van der Waals surface area contributed by atoms with Gasteiger partial charge in [0.25, 0.3) is 8.32 Å². The van der Waals surface area contributed by atoms with E-state index < -0.39 is 8.32 Å². The normalized spacial score (nSPS) is 16.1. The standard InChI is InChI=1S/C36H42O4Si/c1-36(2,3)41(33-20-6-4-7-21-33,34-22-8-5-9-23-34)40-32(19-14-27-37)26-25-31-17-11-10-16-30(31)18-15-29-39-35-24-12-13-28-38-35/h4-11,16-17,20-23,32,35,37H,12-14,19,24,27-29H2,1-3H3. The van der Waals surface area contributed by atoms with E-state index in [2.05, 4.69) is 93.0 Å². The topological polar surface area (TPSA) is 47.9 Å². The first kappa shape index (κ1) is 30.8. The molecule has 4 rings (SSSR count). The van der Waals surface area contributed by atoms with E-state index in [1.165, 1.54) is 10.4 Å². The van der Waals surface area contributed by atoms with E-state index in [9.17, 15) is 5.11 Å². The van der Waals surface area contributed by atoms with Crippen molar-refractivity contribution in [2.75, 3.05) is 19.8 Å². The molecule has 1 heterocycles. The molecule has 1 fully saturated rings. The number of hydrogen-bond donors (Lipinski definition) is 1. The number of benzene rings is 3. The molecule has 0 aromatic heterocycles. The van der Waals surface area contributed by atoms with Crippen molar-refractivity contribution in [1.82, 2.24) is 0 Å². The van der Waals surface area contributed by atoms with Crippen molar-refractivity contribution >= 4 is 18.7 Å². The van der Waals surface area contributed by atoms with Crippen LogP contribution in [0.5, 0.6) is 0 Å². The van der Waals surface area contributed by atoms with Crippen LogP contribution < -0.4 is 10.4 Å². The zero-order valence-electron chi connectivity index (χ0n) is 24.6. The molecule has 2 unspecified atom stereocenters. The minimum atomic E-state index is -2.80. The summed E-state index contributed by atoms with van der Waals surface area (Å²) in [5.41, 5.74) is 1.72. The van der Waals surface area contributed by atoms with Gasteiger partial charge in [0.15, 0.2) is 6.29 Å². The van der Waals surface area contributed by atoms with Gasteiger partial charge in [0.1, 0.15) is 12.7 Å². The summed E-state index contributed by atoms with van der Waals surface area (Å²) < 4.78 is 18.7. The largest absolute Gasteiger partial charge is 0.396 e. The molecule has 3 aromatic rings. The Morgan fingerprint density at radius 1 is 0.878 bits per heavy atom. The maximum atomic E-state index is 9.72. The highest BCUT2D eigenvalue weighted by atomic mass is 28.4. The van der Waals surface area contributed by atoms with Crippen LogP contribution in [0.2, 0.25) is 5.04 Å². The Balaban J connectivity index is 1.65. The zero-order valence-corrected chi connectivity index (χ0v) is 25.6. The van der Waals surface area contributed by atoms with E-state index in [0.717, 1.165) is 37.0 Å². The van der Waals surface area contributed by atoms with Crippen LogP contribution in [0, 0.1) is 23.7 Å². The van der Waals surface area contributed by atoms with Crippen LogP contribution in [0.15, 0.2) is 84.9 Å². The van der Waals surface area contributed by atoms with Crippen molar-refractivity contribution in [1.29, 1.82) is 0 Å². The molecule has 4 nitrogen and oxygen atoms in total. The van der Waals surface area contributed by atoms with Gasteiger partial charge in [-0.3, -0.25) is 0 Å². The third-order valence-corrected chi connectivity index (χ3v) is 12.4. The van der Waals surface area contributed by atoms with Crippen molar-refractivity contribution in [3.63, 3.8) is 0 Å². The molecular formula is C36H42O4Si. The fraction of sp³-hybridized carbons (Fsp3) is 0.389. The average molecular weight is 567 g/mol. The molecule has 0 aliphatic carbocycles. The molecule has 2 atom stereocenters. The minimum absolute atomic E-state index is 0.0923. The van der Waals surface area contributed by atoms with E-state index in [1.54, 1.807) is 0 Å². The van der Waals surface area contributed by atoms with E-state index in [0.29, 0.717) is 19.4 Å². The second-order valence-electron chi connectivity index (χ2n) is 11.4. The Labute approximate surface area is 247 Å². The Morgan fingerprint density at radius 2 is 1.49 bits per heavy atom. The molecule has 0 spiro atoms. The van der Waals surface area contributed by atoms with Crippen LogP contribution >= 0.6 is 0 Å². The molecule has 0 saturated carbocycles. The monoisotopic (exact) mass is 566 g/mol. The van der Waals surface area contributed by atoms with E-state index >= 15 is 0 Å². The lowest BCUT2D eigenvalue weighted by Gasteiger charge is -2.44. The van der Waals surface area contributed by atoms with Gasteiger partial charge in [-0.1, -0.05) is 117 Å². The Hall–Kier alpha value is -3.16. The summed E-state index contributed by atoms with van der Waals surface area (Å²) in [5.74, 6) is 13.2. The summed E-state index contributed by atoms with van der Waals surface area (Å²) >= 11 is 0. The first-order valence-corrected chi connectivity index (χ1v) is 16.6. The lowest BCUT2D eigenvalue weighted by molar-refractivity contribution is -0.154. The molecule has 0 radical (unpaired) electrons. The molecule has 1 aliphatic rings. The van der Waals surface area contributed by atoms with Crippen LogP contribution in [-0.2, 0) is 13.9 Å². The van der Waals surface area contributed by atoms with Gasteiger partial charge in [-0.15, -0.1) is 0 Å². The van der Waals surface area contributed by atoms with Gasteiger partial charge < -0.3 is 19.0 Å². The van der Waals surface area contributed by atoms with Crippen molar-refractivity contribution in [3.05, 3.63) is 96.1 Å². The summed E-state index contributed by atoms with van der Waals surface area (Å²) in [6.07, 6.45) is 3.88. The molecule has 41 heavy (non-hydrogen) atoms. The first-order valence-electron chi connectivity index (χ1n) is 14.7. The molecule has 1 N–H and O–H groups in total. The SMILES string of the molecule is CC(C)(C)[Si](OC(C#Cc1ccccc1C#CCOC1CCCCO1)CCCO)(c1ccccc1)c1ccccc1. The van der Waals surface area contributed by atoms with Gasteiger partial charge in [0.05, 0.1) is 0 Å². The van der Waals surface area contributed by atoms with Gasteiger partial charge in [-0.25, -0.2) is 0 Å². The van der Waals surface area contributed by atoms with Crippen LogP contribution in [0.3, 0.4) is 0 Å². The van der Waals surface area contributed by atoms with E-state index in [1.807, 2.05) is 36.4 Å². The molecule has 5 heteroatoms. The van der Waals surface area contributed by atoms with Crippen molar-refractivity contribution in [3.8, 4) is 23.7 Å². The Kier molecular flexibility index (Phi) is 11.4. The van der Waals surface area contributed by atoms with Gasteiger partial charge in [-0.2, -0.15) is 0 Å². The summed E-state index contributed by atoms with van der Waals surface area (Å²) in [4.78, 5) is 0.